The number of nitrogens with two attached hydrogens (primary N) is 1. The fourth-order valence-corrected chi connectivity index (χ4v) is 1.71. The van der Waals surface area contributed by atoms with Crippen molar-refractivity contribution < 1.29 is 14.4 Å². The molecule has 0 radical (unpaired) electrons. The third-order valence-corrected chi connectivity index (χ3v) is 2.54. The number of nitrogens with zero attached hydrogens (tertiary/aromatic N) is 1. The Bertz CT molecular complexity index is 281. The van der Waals surface area contributed by atoms with E-state index in [1.54, 1.807) is 0 Å². The van der Waals surface area contributed by atoms with Gasteiger partial charge in [0.15, 0.2) is 0 Å². The molecule has 0 aromatic rings. The number of thioether (sulfide) groups is 1. The summed E-state index contributed by atoms with van der Waals surface area (Å²) in [5.41, 5.74) is 4.98. The maximum atomic E-state index is 11.2. The standard InChI is InChI=1S/C7H11N3O3S/c1-14-3-2-4-5(11)9-7(13)10(4)6(8)12/h4H,2-3H2,1H3,(H2,8,12)(H,9,11,13). The van der Waals surface area contributed by atoms with Gasteiger partial charge < -0.3 is 5.73 Å². The molecule has 1 atom stereocenters. The van der Waals surface area contributed by atoms with Crippen LogP contribution in [0, 0.1) is 0 Å². The molecule has 1 fully saturated rings. The Labute approximate surface area is 85.2 Å². The highest BCUT2D eigenvalue weighted by molar-refractivity contribution is 7.98. The van der Waals surface area contributed by atoms with Crippen LogP contribution in [0.15, 0.2) is 0 Å². The molecule has 0 aromatic carbocycles. The number of carbonyl (C=O) groups is 3. The van der Waals surface area contributed by atoms with Gasteiger partial charge in [0.2, 0.25) is 0 Å². The van der Waals surface area contributed by atoms with Crippen LogP contribution >= 0.6 is 11.8 Å². The van der Waals surface area contributed by atoms with Crippen molar-refractivity contribution in [2.24, 2.45) is 5.73 Å². The Morgan fingerprint density at radius 3 is 2.79 bits per heavy atom. The molecule has 7 heteroatoms. The number of urea groups is 2. The van der Waals surface area contributed by atoms with E-state index in [-0.39, 0.29) is 0 Å². The topological polar surface area (TPSA) is 92.5 Å². The smallest absolute Gasteiger partial charge is 0.332 e. The highest BCUT2D eigenvalue weighted by Crippen LogP contribution is 2.13. The fraction of sp³-hybridized carbons (Fsp3) is 0.571. The second kappa shape index (κ2) is 4.32. The van der Waals surface area contributed by atoms with Gasteiger partial charge in [-0.2, -0.15) is 11.8 Å². The molecule has 6 nitrogen and oxygen atoms in total. The van der Waals surface area contributed by atoms with Crippen molar-refractivity contribution in [1.29, 1.82) is 0 Å². The molecule has 0 aromatic heterocycles. The van der Waals surface area contributed by atoms with Crippen LogP contribution in [-0.2, 0) is 4.79 Å². The number of carbonyl (C=O) groups excluding carboxylic acids is 3. The van der Waals surface area contributed by atoms with Crippen LogP contribution in [-0.4, -0.2) is 40.9 Å². The van der Waals surface area contributed by atoms with Crippen LogP contribution in [0.2, 0.25) is 0 Å². The van der Waals surface area contributed by atoms with Gasteiger partial charge in [-0.3, -0.25) is 10.1 Å². The Hall–Kier alpha value is -1.24. The molecule has 14 heavy (non-hydrogen) atoms. The lowest BCUT2D eigenvalue weighted by atomic mass is 10.2. The highest BCUT2D eigenvalue weighted by Gasteiger charge is 2.40. The molecule has 1 heterocycles. The molecular weight excluding hydrogens is 206 g/mol. The van der Waals surface area contributed by atoms with Gasteiger partial charge in [-0.05, 0) is 18.4 Å². The highest BCUT2D eigenvalue weighted by atomic mass is 32.2. The third kappa shape index (κ3) is 1.98. The summed E-state index contributed by atoms with van der Waals surface area (Å²) in [6.45, 7) is 0. The lowest BCUT2D eigenvalue weighted by molar-refractivity contribution is -0.121. The summed E-state index contributed by atoms with van der Waals surface area (Å²) in [5.74, 6) is 0.234. The molecule has 1 saturated heterocycles. The molecule has 1 aliphatic heterocycles. The summed E-state index contributed by atoms with van der Waals surface area (Å²) in [5, 5.41) is 2.05. The van der Waals surface area contributed by atoms with E-state index >= 15 is 0 Å². The van der Waals surface area contributed by atoms with Gasteiger partial charge in [-0.15, -0.1) is 0 Å². The van der Waals surface area contributed by atoms with Crippen molar-refractivity contribution >= 4 is 29.7 Å². The van der Waals surface area contributed by atoms with Gasteiger partial charge in [0.25, 0.3) is 5.91 Å². The Kier molecular flexibility index (Phi) is 3.34. The van der Waals surface area contributed by atoms with Crippen LogP contribution in [0.25, 0.3) is 0 Å². The van der Waals surface area contributed by atoms with Crippen molar-refractivity contribution in [2.75, 3.05) is 12.0 Å². The first-order valence-corrected chi connectivity index (χ1v) is 5.39. The van der Waals surface area contributed by atoms with Gasteiger partial charge in [-0.25, -0.2) is 14.5 Å². The number of rotatable bonds is 3. The molecule has 5 amide bonds. The summed E-state index contributed by atoms with van der Waals surface area (Å²) in [7, 11) is 0. The minimum absolute atomic E-state index is 0.432. The van der Waals surface area contributed by atoms with E-state index in [0.29, 0.717) is 12.2 Å². The summed E-state index contributed by atoms with van der Waals surface area (Å²) < 4.78 is 0. The molecule has 3 N–H and O–H groups in total. The van der Waals surface area contributed by atoms with Crippen LogP contribution in [0.4, 0.5) is 9.59 Å². The SMILES string of the molecule is CSCCC1C(=O)NC(=O)N1C(N)=O. The van der Waals surface area contributed by atoms with Gasteiger partial charge in [0, 0.05) is 0 Å². The lowest BCUT2D eigenvalue weighted by Crippen LogP contribution is -2.43. The van der Waals surface area contributed by atoms with Gasteiger partial charge in [-0.1, -0.05) is 0 Å². The zero-order valence-electron chi connectivity index (χ0n) is 7.65. The van der Waals surface area contributed by atoms with Gasteiger partial charge in [0.1, 0.15) is 6.04 Å². The largest absolute Gasteiger partial charge is 0.351 e. The van der Waals surface area contributed by atoms with E-state index in [0.717, 1.165) is 4.90 Å². The zero-order chi connectivity index (χ0) is 10.7. The van der Waals surface area contributed by atoms with Crippen molar-refractivity contribution in [2.45, 2.75) is 12.5 Å². The first-order chi connectivity index (χ1) is 6.57. The Morgan fingerprint density at radius 2 is 2.29 bits per heavy atom. The van der Waals surface area contributed by atoms with Crippen LogP contribution in [0.3, 0.4) is 0 Å². The Morgan fingerprint density at radius 1 is 1.64 bits per heavy atom. The fourth-order valence-electron chi connectivity index (χ4n) is 1.25. The van der Waals surface area contributed by atoms with Crippen LogP contribution < -0.4 is 11.1 Å². The number of primary amides is 1. The molecule has 0 saturated carbocycles. The monoisotopic (exact) mass is 217 g/mol. The van der Waals surface area contributed by atoms with Crippen LogP contribution in [0.5, 0.6) is 0 Å². The van der Waals surface area contributed by atoms with Crippen LogP contribution in [0.1, 0.15) is 6.42 Å². The average Bonchev–Trinajstić information content (AvgIpc) is 2.37. The van der Waals surface area contributed by atoms with E-state index in [4.69, 9.17) is 5.73 Å². The number of imide groups is 2. The minimum atomic E-state index is -0.889. The summed E-state index contributed by atoms with van der Waals surface area (Å²) in [6.07, 6.45) is 2.31. The van der Waals surface area contributed by atoms with Gasteiger partial charge >= 0.3 is 12.1 Å². The molecular formula is C7H11N3O3S. The van der Waals surface area contributed by atoms with Crippen molar-refractivity contribution in [3.8, 4) is 0 Å². The molecule has 1 aliphatic rings. The molecule has 0 bridgehead atoms. The predicted octanol–water partition coefficient (Wildman–Crippen LogP) is -0.261. The van der Waals surface area contributed by atoms with Crippen molar-refractivity contribution in [3.63, 3.8) is 0 Å². The third-order valence-electron chi connectivity index (χ3n) is 1.90. The summed E-state index contributed by atoms with van der Waals surface area (Å²) in [4.78, 5) is 33.9. The number of hydrogen-bond acceptors (Lipinski definition) is 4. The number of nitrogens with one attached hydrogen (secondary N) is 1. The van der Waals surface area contributed by atoms with E-state index in [1.165, 1.54) is 11.8 Å². The zero-order valence-corrected chi connectivity index (χ0v) is 8.47. The lowest BCUT2D eigenvalue weighted by Gasteiger charge is -2.16. The Balaban J connectivity index is 2.73. The number of amides is 5. The molecule has 1 unspecified atom stereocenters. The molecule has 0 spiro atoms. The molecule has 1 rings (SSSR count). The minimum Gasteiger partial charge on any atom is -0.351 e. The first kappa shape index (κ1) is 10.8. The van der Waals surface area contributed by atoms with E-state index in [2.05, 4.69) is 0 Å². The molecule has 78 valence electrons. The molecule has 0 aliphatic carbocycles. The van der Waals surface area contributed by atoms with E-state index < -0.39 is 24.0 Å². The van der Waals surface area contributed by atoms with Crippen molar-refractivity contribution in [1.82, 2.24) is 10.2 Å². The maximum absolute atomic E-state index is 11.2. The van der Waals surface area contributed by atoms with Crippen molar-refractivity contribution in [3.05, 3.63) is 0 Å². The second-order valence-electron chi connectivity index (χ2n) is 2.80. The van der Waals surface area contributed by atoms with E-state index in [9.17, 15) is 14.4 Å². The van der Waals surface area contributed by atoms with E-state index in [1.807, 2.05) is 11.6 Å². The second-order valence-corrected chi connectivity index (χ2v) is 3.79. The number of hydrogen-bond donors (Lipinski definition) is 2. The quantitative estimate of drug-likeness (QED) is 0.637. The predicted molar refractivity (Wildman–Crippen MR) is 51.7 cm³/mol. The normalized spacial score (nSPS) is 21.2. The first-order valence-electron chi connectivity index (χ1n) is 4.00. The summed E-state index contributed by atoms with van der Waals surface area (Å²) >= 11 is 1.54. The maximum Gasteiger partial charge on any atom is 0.332 e. The van der Waals surface area contributed by atoms with Gasteiger partial charge in [0.05, 0.1) is 0 Å². The average molecular weight is 217 g/mol. The summed E-state index contributed by atoms with van der Waals surface area (Å²) in [6, 6.07) is -2.36.